The number of hydrogen-bond acceptors (Lipinski definition) is 3. The number of amides is 1. The molecule has 124 valence electrons. The minimum absolute atomic E-state index is 0.103. The average Bonchev–Trinajstić information content (AvgIpc) is 2.98. The molecule has 3 aromatic rings. The van der Waals surface area contributed by atoms with E-state index in [1.165, 1.54) is 0 Å². The van der Waals surface area contributed by atoms with Crippen LogP contribution in [0.2, 0.25) is 0 Å². The number of carbonyl (C=O) groups excluding carboxylic acids is 1. The third kappa shape index (κ3) is 3.68. The Bertz CT molecular complexity index is 837. The lowest BCUT2D eigenvalue weighted by Gasteiger charge is -2.08. The van der Waals surface area contributed by atoms with Crippen molar-refractivity contribution in [3.05, 3.63) is 59.8 Å². The molecule has 5 heteroatoms. The molecule has 3 rings (SSSR count). The van der Waals surface area contributed by atoms with Gasteiger partial charge in [-0.25, -0.2) is 0 Å². The summed E-state index contributed by atoms with van der Waals surface area (Å²) < 4.78 is 10.7. The summed E-state index contributed by atoms with van der Waals surface area (Å²) in [6.07, 6.45) is 0. The Labute approximate surface area is 140 Å². The first-order valence-electron chi connectivity index (χ1n) is 7.80. The van der Waals surface area contributed by atoms with Crippen LogP contribution in [0.1, 0.15) is 16.1 Å². The Kier molecular flexibility index (Phi) is 4.70. The van der Waals surface area contributed by atoms with E-state index < -0.39 is 0 Å². The lowest BCUT2D eigenvalue weighted by atomic mass is 10.1. The molecule has 0 aliphatic rings. The predicted octanol–water partition coefficient (Wildman–Crippen LogP) is 3.29. The van der Waals surface area contributed by atoms with Gasteiger partial charge in [-0.05, 0) is 55.5 Å². The molecule has 2 aromatic carbocycles. The number of fused-ring (bicyclic) bond motifs is 1. The molecule has 2 N–H and O–H groups in total. The summed E-state index contributed by atoms with van der Waals surface area (Å²) in [6, 6.07) is 15.0. The van der Waals surface area contributed by atoms with Gasteiger partial charge < -0.3 is 19.8 Å². The van der Waals surface area contributed by atoms with E-state index in [0.717, 1.165) is 28.1 Å². The normalized spacial score (nSPS) is 10.6. The van der Waals surface area contributed by atoms with Crippen molar-refractivity contribution in [2.24, 2.45) is 0 Å². The minimum atomic E-state index is -0.103. The standard InChI is InChI=1S/C19H20N2O3/c1-13-11-15-12-14(3-8-18(15)21-13)19(22)20-9-10-24-17-6-4-16(23-2)5-7-17/h3-8,11-12,21H,9-10H2,1-2H3,(H,20,22). The maximum absolute atomic E-state index is 12.2. The van der Waals surface area contributed by atoms with Crippen LogP contribution < -0.4 is 14.8 Å². The van der Waals surface area contributed by atoms with Gasteiger partial charge in [-0.3, -0.25) is 4.79 Å². The van der Waals surface area contributed by atoms with E-state index >= 15 is 0 Å². The van der Waals surface area contributed by atoms with E-state index in [9.17, 15) is 4.79 Å². The minimum Gasteiger partial charge on any atom is -0.497 e. The van der Waals surface area contributed by atoms with E-state index in [1.54, 1.807) is 7.11 Å². The first-order chi connectivity index (χ1) is 11.7. The second-order valence-electron chi connectivity index (χ2n) is 5.53. The zero-order valence-electron chi connectivity index (χ0n) is 13.8. The number of aromatic amines is 1. The molecule has 0 spiro atoms. The number of benzene rings is 2. The van der Waals surface area contributed by atoms with Gasteiger partial charge in [0, 0.05) is 22.2 Å². The lowest BCUT2D eigenvalue weighted by molar-refractivity contribution is 0.0947. The lowest BCUT2D eigenvalue weighted by Crippen LogP contribution is -2.28. The molecule has 0 atom stereocenters. The van der Waals surface area contributed by atoms with E-state index in [2.05, 4.69) is 10.3 Å². The van der Waals surface area contributed by atoms with E-state index in [-0.39, 0.29) is 5.91 Å². The summed E-state index contributed by atoms with van der Waals surface area (Å²) in [6.45, 7) is 2.84. The quantitative estimate of drug-likeness (QED) is 0.684. The fourth-order valence-corrected chi connectivity index (χ4v) is 2.53. The van der Waals surface area contributed by atoms with Gasteiger partial charge in [-0.1, -0.05) is 0 Å². The van der Waals surface area contributed by atoms with Crippen molar-refractivity contribution in [1.82, 2.24) is 10.3 Å². The number of carbonyl (C=O) groups is 1. The number of nitrogens with one attached hydrogen (secondary N) is 2. The topological polar surface area (TPSA) is 63.4 Å². The molecule has 0 saturated carbocycles. The van der Waals surface area contributed by atoms with Crippen LogP contribution in [0.5, 0.6) is 11.5 Å². The summed E-state index contributed by atoms with van der Waals surface area (Å²) in [5.74, 6) is 1.43. The van der Waals surface area contributed by atoms with E-state index in [0.29, 0.717) is 18.7 Å². The molecule has 5 nitrogen and oxygen atoms in total. The fraction of sp³-hybridized carbons (Fsp3) is 0.211. The van der Waals surface area contributed by atoms with Gasteiger partial charge in [0.05, 0.1) is 13.7 Å². The molecule has 1 aromatic heterocycles. The number of aromatic nitrogens is 1. The van der Waals surface area contributed by atoms with Crippen molar-refractivity contribution in [3.8, 4) is 11.5 Å². The second kappa shape index (κ2) is 7.08. The summed E-state index contributed by atoms with van der Waals surface area (Å²) in [5, 5.41) is 3.90. The smallest absolute Gasteiger partial charge is 0.251 e. The fourth-order valence-electron chi connectivity index (χ4n) is 2.53. The monoisotopic (exact) mass is 324 g/mol. The first-order valence-corrected chi connectivity index (χ1v) is 7.80. The number of H-pyrrole nitrogens is 1. The zero-order valence-corrected chi connectivity index (χ0v) is 13.8. The second-order valence-corrected chi connectivity index (χ2v) is 5.53. The number of ether oxygens (including phenoxy) is 2. The molecule has 0 bridgehead atoms. The zero-order chi connectivity index (χ0) is 16.9. The highest BCUT2D eigenvalue weighted by Crippen LogP contribution is 2.17. The third-order valence-electron chi connectivity index (χ3n) is 3.73. The van der Waals surface area contributed by atoms with Gasteiger partial charge in [0.15, 0.2) is 0 Å². The molecule has 0 saturated heterocycles. The van der Waals surface area contributed by atoms with Crippen molar-refractivity contribution in [1.29, 1.82) is 0 Å². The van der Waals surface area contributed by atoms with Gasteiger partial charge in [0.2, 0.25) is 0 Å². The van der Waals surface area contributed by atoms with Gasteiger partial charge >= 0.3 is 0 Å². The molecule has 0 aliphatic heterocycles. The highest BCUT2D eigenvalue weighted by atomic mass is 16.5. The van der Waals surface area contributed by atoms with Crippen molar-refractivity contribution >= 4 is 16.8 Å². The van der Waals surface area contributed by atoms with Gasteiger partial charge in [0.1, 0.15) is 18.1 Å². The molecular formula is C19H20N2O3. The van der Waals surface area contributed by atoms with Crippen LogP contribution in [-0.4, -0.2) is 31.2 Å². The van der Waals surface area contributed by atoms with Crippen LogP contribution in [0.25, 0.3) is 10.9 Å². The predicted molar refractivity (Wildman–Crippen MR) is 93.9 cm³/mol. The molecule has 0 fully saturated rings. The first kappa shape index (κ1) is 15.9. The largest absolute Gasteiger partial charge is 0.497 e. The molecule has 0 unspecified atom stereocenters. The Morgan fingerprint density at radius 2 is 1.83 bits per heavy atom. The van der Waals surface area contributed by atoms with Crippen LogP contribution in [0.4, 0.5) is 0 Å². The van der Waals surface area contributed by atoms with Crippen molar-refractivity contribution in [2.75, 3.05) is 20.3 Å². The maximum Gasteiger partial charge on any atom is 0.251 e. The third-order valence-corrected chi connectivity index (χ3v) is 3.73. The van der Waals surface area contributed by atoms with E-state index in [1.807, 2.05) is 55.5 Å². The van der Waals surface area contributed by atoms with Gasteiger partial charge in [0.25, 0.3) is 5.91 Å². The van der Waals surface area contributed by atoms with Crippen molar-refractivity contribution < 1.29 is 14.3 Å². The molecule has 0 radical (unpaired) electrons. The Balaban J connectivity index is 1.50. The summed E-state index contributed by atoms with van der Waals surface area (Å²) >= 11 is 0. The molecule has 0 aliphatic carbocycles. The van der Waals surface area contributed by atoms with Crippen LogP contribution >= 0.6 is 0 Å². The molecular weight excluding hydrogens is 304 g/mol. The number of methoxy groups -OCH3 is 1. The maximum atomic E-state index is 12.2. The number of rotatable bonds is 6. The Hall–Kier alpha value is -2.95. The summed E-state index contributed by atoms with van der Waals surface area (Å²) in [7, 11) is 1.62. The van der Waals surface area contributed by atoms with Crippen molar-refractivity contribution in [3.63, 3.8) is 0 Å². The molecule has 24 heavy (non-hydrogen) atoms. The molecule has 1 heterocycles. The highest BCUT2D eigenvalue weighted by molar-refractivity contribution is 5.98. The van der Waals surface area contributed by atoms with Crippen LogP contribution in [0.15, 0.2) is 48.5 Å². The SMILES string of the molecule is COc1ccc(OCCNC(=O)c2ccc3[nH]c(C)cc3c2)cc1. The number of aryl methyl sites for hydroxylation is 1. The molecule has 1 amide bonds. The summed E-state index contributed by atoms with van der Waals surface area (Å²) in [5.41, 5.74) is 2.76. The Morgan fingerprint density at radius 3 is 2.58 bits per heavy atom. The van der Waals surface area contributed by atoms with Crippen LogP contribution in [0, 0.1) is 6.92 Å². The van der Waals surface area contributed by atoms with Crippen LogP contribution in [0.3, 0.4) is 0 Å². The van der Waals surface area contributed by atoms with Crippen LogP contribution in [-0.2, 0) is 0 Å². The van der Waals surface area contributed by atoms with Gasteiger partial charge in [-0.15, -0.1) is 0 Å². The van der Waals surface area contributed by atoms with Crippen molar-refractivity contribution in [2.45, 2.75) is 6.92 Å². The Morgan fingerprint density at radius 1 is 1.08 bits per heavy atom. The van der Waals surface area contributed by atoms with E-state index in [4.69, 9.17) is 9.47 Å². The highest BCUT2D eigenvalue weighted by Gasteiger charge is 2.07. The summed E-state index contributed by atoms with van der Waals surface area (Å²) in [4.78, 5) is 15.4. The number of hydrogen-bond donors (Lipinski definition) is 2. The van der Waals surface area contributed by atoms with Gasteiger partial charge in [-0.2, -0.15) is 0 Å². The average molecular weight is 324 g/mol.